The number of hydrogen-bond acceptors (Lipinski definition) is 0. The van der Waals surface area contributed by atoms with Crippen molar-refractivity contribution in [3.8, 4) is 0 Å². The third-order valence-electron chi connectivity index (χ3n) is 0. The predicted octanol–water partition coefficient (Wildman–Crippen LogP) is -1.46. The molecule has 1 radical (unpaired) electrons. The van der Waals surface area contributed by atoms with E-state index in [0.29, 0.717) is 0 Å². The summed E-state index contributed by atoms with van der Waals surface area (Å²) in [4.78, 5) is 0. The van der Waals surface area contributed by atoms with Crippen LogP contribution in [0.3, 0.4) is 0 Å². The molecule has 0 aromatic heterocycles. The van der Waals surface area contributed by atoms with E-state index in [2.05, 4.69) is 0 Å². The zero-order chi connectivity index (χ0) is 0. The Balaban J connectivity index is 0. The zero-order valence-electron chi connectivity index (χ0n) is 1.00. The SMILES string of the molecule is [Co].[Fe].[Ni].[SnH4]. The fourth-order valence-corrected chi connectivity index (χ4v) is 0. The Labute approximate surface area is 73.4 Å². The molecule has 0 heterocycles. The van der Waals surface area contributed by atoms with Gasteiger partial charge in [0.2, 0.25) is 0 Å². The summed E-state index contributed by atoms with van der Waals surface area (Å²) >= 11 is 0. The summed E-state index contributed by atoms with van der Waals surface area (Å²) in [5.41, 5.74) is 0. The van der Waals surface area contributed by atoms with Crippen LogP contribution in [0.15, 0.2) is 0 Å². The van der Waals surface area contributed by atoms with Crippen LogP contribution in [0.4, 0.5) is 0 Å². The van der Waals surface area contributed by atoms with Crippen LogP contribution in [0.1, 0.15) is 0 Å². The summed E-state index contributed by atoms with van der Waals surface area (Å²) in [5, 5.41) is 0. The van der Waals surface area contributed by atoms with E-state index in [-0.39, 0.29) is 74.2 Å². The molecule has 0 aromatic carbocycles. The minimum atomic E-state index is 0. The fourth-order valence-electron chi connectivity index (χ4n) is 0. The van der Waals surface area contributed by atoms with Crippen molar-refractivity contribution in [1.29, 1.82) is 0 Å². The van der Waals surface area contributed by atoms with Crippen molar-refractivity contribution in [3.63, 3.8) is 0 Å². The molecule has 0 fully saturated rings. The Morgan fingerprint density at radius 1 is 1.00 bits per heavy atom. The molecule has 4 heavy (non-hydrogen) atoms. The Morgan fingerprint density at radius 2 is 1.00 bits per heavy atom. The second-order valence-electron chi connectivity index (χ2n) is 0. The maximum absolute atomic E-state index is 0. The van der Waals surface area contributed by atoms with E-state index in [1.165, 1.54) is 0 Å². The van der Waals surface area contributed by atoms with Crippen LogP contribution in [0.5, 0.6) is 0 Å². The summed E-state index contributed by atoms with van der Waals surface area (Å²) in [6, 6.07) is 0. The van der Waals surface area contributed by atoms with Crippen molar-refractivity contribution in [2.24, 2.45) is 0 Å². The first kappa shape index (κ1) is 33.3. The second-order valence-corrected chi connectivity index (χ2v) is 0. The van der Waals surface area contributed by atoms with Gasteiger partial charge in [0.15, 0.2) is 0 Å². The summed E-state index contributed by atoms with van der Waals surface area (Å²) < 4.78 is 0. The van der Waals surface area contributed by atoms with Gasteiger partial charge in [-0.2, -0.15) is 0 Å². The molecule has 0 aromatic rings. The Kier molecular flexibility index (Phi) is 153. The van der Waals surface area contributed by atoms with Crippen molar-refractivity contribution in [2.45, 2.75) is 0 Å². The normalized spacial score (nSPS) is 0. The van der Waals surface area contributed by atoms with Gasteiger partial charge in [0.25, 0.3) is 0 Å². The van der Waals surface area contributed by atoms with Crippen LogP contribution in [-0.4, -0.2) is 23.9 Å². The van der Waals surface area contributed by atoms with Gasteiger partial charge in [-0.15, -0.1) is 0 Å². The van der Waals surface area contributed by atoms with Crippen LogP contribution in [0, 0.1) is 0 Å². The predicted molar refractivity (Wildman–Crippen MR) is 11.3 cm³/mol. The van der Waals surface area contributed by atoms with Gasteiger partial charge in [-0.25, -0.2) is 0 Å². The summed E-state index contributed by atoms with van der Waals surface area (Å²) in [5.74, 6) is 0. The molecule has 0 spiro atoms. The average molecular weight is 296 g/mol. The van der Waals surface area contributed by atoms with E-state index >= 15 is 0 Å². The van der Waals surface area contributed by atoms with Crippen LogP contribution in [0.25, 0.3) is 0 Å². The van der Waals surface area contributed by atoms with Gasteiger partial charge in [-0.3, -0.25) is 0 Å². The third-order valence-corrected chi connectivity index (χ3v) is 0. The molecule has 0 atom stereocenters. The molecule has 0 bridgehead atoms. The fraction of sp³-hybridized carbons (Fsp3) is 0. The van der Waals surface area contributed by atoms with Gasteiger partial charge in [-0.1, -0.05) is 0 Å². The van der Waals surface area contributed by atoms with E-state index in [4.69, 9.17) is 0 Å². The van der Waals surface area contributed by atoms with E-state index in [9.17, 15) is 0 Å². The minimum absolute atomic E-state index is 0. The second kappa shape index (κ2) is 18.5. The van der Waals surface area contributed by atoms with Crippen molar-refractivity contribution in [1.82, 2.24) is 0 Å². The molecule has 0 unspecified atom stereocenters. The molecular weight excluding hydrogens is 292 g/mol. The maximum atomic E-state index is 0. The summed E-state index contributed by atoms with van der Waals surface area (Å²) in [7, 11) is 0. The molecule has 0 nitrogen and oxygen atoms in total. The molecule has 0 aliphatic carbocycles. The van der Waals surface area contributed by atoms with Gasteiger partial charge >= 0.3 is 23.9 Å². The first-order valence-corrected chi connectivity index (χ1v) is 0. The molecular formula is H4CoFeNiSn. The first-order chi connectivity index (χ1) is 0. The van der Waals surface area contributed by atoms with Gasteiger partial charge in [0.05, 0.1) is 0 Å². The van der Waals surface area contributed by atoms with Gasteiger partial charge in [-0.05, 0) is 0 Å². The number of rotatable bonds is 0. The van der Waals surface area contributed by atoms with Gasteiger partial charge in [0, 0.05) is 50.3 Å². The summed E-state index contributed by atoms with van der Waals surface area (Å²) in [6.45, 7) is 0. The molecule has 0 aliphatic heterocycles. The van der Waals surface area contributed by atoms with Crippen LogP contribution in [-0.2, 0) is 50.3 Å². The van der Waals surface area contributed by atoms with Crippen molar-refractivity contribution in [2.75, 3.05) is 0 Å². The standard InChI is InChI=1S/Co.Fe.Ni.Sn.4H. The Hall–Kier alpha value is 2.32. The Morgan fingerprint density at radius 3 is 1.00 bits per heavy atom. The summed E-state index contributed by atoms with van der Waals surface area (Å²) in [6.07, 6.45) is 0. The van der Waals surface area contributed by atoms with Crippen molar-refractivity contribution >= 4 is 23.9 Å². The van der Waals surface area contributed by atoms with Crippen LogP contribution < -0.4 is 0 Å². The molecule has 35 valence electrons. The average Bonchev–Trinajstić information content (AvgIpc) is 0. The van der Waals surface area contributed by atoms with E-state index < -0.39 is 0 Å². The van der Waals surface area contributed by atoms with Gasteiger partial charge < -0.3 is 0 Å². The van der Waals surface area contributed by atoms with Crippen LogP contribution >= 0.6 is 0 Å². The molecule has 4 heteroatoms. The molecule has 0 amide bonds. The zero-order valence-corrected chi connectivity index (χ0v) is 4.14. The molecule has 0 saturated heterocycles. The Bertz CT molecular complexity index is 8.00. The van der Waals surface area contributed by atoms with E-state index in [0.717, 1.165) is 0 Å². The van der Waals surface area contributed by atoms with Crippen molar-refractivity contribution < 1.29 is 50.3 Å². The molecule has 0 N–H and O–H groups in total. The van der Waals surface area contributed by atoms with E-state index in [1.54, 1.807) is 0 Å². The topological polar surface area (TPSA) is 0 Å². The first-order valence-electron chi connectivity index (χ1n) is 0. The molecule has 0 aliphatic rings. The van der Waals surface area contributed by atoms with Gasteiger partial charge in [0.1, 0.15) is 0 Å². The van der Waals surface area contributed by atoms with E-state index in [1.807, 2.05) is 0 Å². The molecule has 0 rings (SSSR count). The van der Waals surface area contributed by atoms with Crippen LogP contribution in [0.2, 0.25) is 0 Å². The quantitative estimate of drug-likeness (QED) is 0.480. The monoisotopic (exact) mass is 297 g/mol. The number of hydrogen-bond donors (Lipinski definition) is 0. The molecule has 0 saturated carbocycles. The third kappa shape index (κ3) is 8.85. The van der Waals surface area contributed by atoms with Crippen molar-refractivity contribution in [3.05, 3.63) is 0 Å².